The second kappa shape index (κ2) is 10.6. The Balaban J connectivity index is 5.45. The van der Waals surface area contributed by atoms with E-state index in [1.807, 2.05) is 41.5 Å². The average molecular weight is 420 g/mol. The second-order valence-corrected chi connectivity index (χ2v) is 12.5. The minimum absolute atomic E-state index is 0.196. The molecule has 0 aliphatic heterocycles. The summed E-state index contributed by atoms with van der Waals surface area (Å²) in [5.74, 6) is 0. The molecule has 0 rings (SSSR count). The van der Waals surface area contributed by atoms with Crippen LogP contribution in [0, 0.1) is 0 Å². The molecule has 0 saturated heterocycles. The topological polar surface area (TPSA) is 86.6 Å². The summed E-state index contributed by atoms with van der Waals surface area (Å²) < 4.78 is 47.7. The predicted molar refractivity (Wildman–Crippen MR) is 80.8 cm³/mol. The first-order valence-corrected chi connectivity index (χ1v) is 13.7. The summed E-state index contributed by atoms with van der Waals surface area (Å²) in [5, 5.41) is 0. The molecule has 0 aromatic carbocycles. The minimum atomic E-state index is -5.15. The van der Waals surface area contributed by atoms with Crippen LogP contribution in [0.3, 0.4) is 0 Å². The molecule has 0 aromatic heterocycles. The Morgan fingerprint density at radius 2 is 1.14 bits per heavy atom. The van der Waals surface area contributed by atoms with Gasteiger partial charge >= 0.3 is 142 Å². The first-order valence-electron chi connectivity index (χ1n) is 7.87. The quantitative estimate of drug-likeness (QED) is 0.469. The summed E-state index contributed by atoms with van der Waals surface area (Å²) in [7, 11) is -2.54. The van der Waals surface area contributed by atoms with E-state index in [-0.39, 0.29) is 18.3 Å². The van der Waals surface area contributed by atoms with Crippen LogP contribution in [0.25, 0.3) is 0 Å². The molecule has 22 heavy (non-hydrogen) atoms. The van der Waals surface area contributed by atoms with Crippen molar-refractivity contribution in [2.24, 2.45) is 0 Å². The van der Waals surface area contributed by atoms with Gasteiger partial charge < -0.3 is 0 Å². The van der Waals surface area contributed by atoms with Crippen molar-refractivity contribution in [1.29, 1.82) is 0 Å². The summed E-state index contributed by atoms with van der Waals surface area (Å²) in [6.45, 7) is 11.5. The third-order valence-electron chi connectivity index (χ3n) is 3.29. The molecule has 0 aromatic rings. The van der Waals surface area contributed by atoms with Crippen molar-refractivity contribution in [3.05, 3.63) is 0 Å². The van der Waals surface area contributed by atoms with Crippen LogP contribution in [0.5, 0.6) is 0 Å². The summed E-state index contributed by atoms with van der Waals surface area (Å²) in [6.07, 6.45) is 1.57. The van der Waals surface area contributed by atoms with Crippen LogP contribution in [0.15, 0.2) is 0 Å². The molecule has 0 aliphatic rings. The van der Waals surface area contributed by atoms with Gasteiger partial charge in [-0.05, 0) is 0 Å². The summed E-state index contributed by atoms with van der Waals surface area (Å²) in [4.78, 5) is 0. The Kier molecular flexibility index (Phi) is 11.0. The van der Waals surface area contributed by atoms with Gasteiger partial charge in [0.1, 0.15) is 0 Å². The fourth-order valence-electron chi connectivity index (χ4n) is 1.35. The van der Waals surface area contributed by atoms with Gasteiger partial charge in [0, 0.05) is 0 Å². The first-order chi connectivity index (χ1) is 10.1. The van der Waals surface area contributed by atoms with E-state index in [9.17, 15) is 6.37 Å². The van der Waals surface area contributed by atoms with Crippen molar-refractivity contribution >= 4 is 9.05 Å². The number of hydrogen-bond acceptors (Lipinski definition) is 7. The van der Waals surface area contributed by atoms with Crippen LogP contribution in [0.4, 0.5) is 0 Å². The van der Waals surface area contributed by atoms with Crippen LogP contribution in [0.1, 0.15) is 60.8 Å². The number of rotatable bonds is 12. The molecule has 7 nitrogen and oxygen atoms in total. The van der Waals surface area contributed by atoms with Gasteiger partial charge in [-0.1, -0.05) is 0 Å². The Bertz CT molecular complexity index is 275. The third kappa shape index (κ3) is 8.61. The fraction of sp³-hybridized carbons (Fsp3) is 1.00. The van der Waals surface area contributed by atoms with E-state index in [4.69, 9.17) is 18.6 Å². The first kappa shape index (κ1) is 22.8. The average Bonchev–Trinajstić information content (AvgIpc) is 2.45. The summed E-state index contributed by atoms with van der Waals surface area (Å²) in [5.41, 5.74) is 0. The molecule has 0 fully saturated rings. The molecule has 0 heterocycles. The van der Waals surface area contributed by atoms with E-state index in [1.165, 1.54) is 7.11 Å². The fourth-order valence-corrected chi connectivity index (χ4v) is 8.13. The number of hydrogen-bond donors (Lipinski definition) is 2. The van der Waals surface area contributed by atoms with Crippen LogP contribution >= 0.6 is 0 Å². The summed E-state index contributed by atoms with van der Waals surface area (Å²) in [6, 6.07) is 0. The van der Waals surface area contributed by atoms with E-state index in [0.29, 0.717) is 0 Å². The maximum absolute atomic E-state index is 9.93. The van der Waals surface area contributed by atoms with Gasteiger partial charge in [-0.15, -0.1) is 0 Å². The molecule has 0 spiro atoms. The molecule has 3 atom stereocenters. The second-order valence-electron chi connectivity index (χ2n) is 5.36. The molecule has 0 saturated carbocycles. The SMILES string of the molecule is CCC(C)O[Si](OC(C)CC)(OC(C)CC)[O][Zr]([OH])([OH])[O]C. The molecular formula is C13H32O7SiZr. The van der Waals surface area contributed by atoms with Gasteiger partial charge in [-0.2, -0.15) is 0 Å². The monoisotopic (exact) mass is 418 g/mol. The Hall–Kier alpha value is 0.820. The molecular weight excluding hydrogens is 387 g/mol. The van der Waals surface area contributed by atoms with Crippen LogP contribution in [-0.4, -0.2) is 40.8 Å². The molecule has 0 amide bonds. The van der Waals surface area contributed by atoms with Gasteiger partial charge in [0.05, 0.1) is 0 Å². The van der Waals surface area contributed by atoms with Crippen LogP contribution in [-0.2, 0) is 40.6 Å². The Morgan fingerprint density at radius 1 is 0.818 bits per heavy atom. The standard InChI is InChI=1S/C12H27O4Si.CH3O.2H2O.Zr/c1-7-10(4)14-17(13,15-11(5)8-2)16-12(6)9-3;1-2;;;/h10-12H,7-9H2,1-6H3;1H3;2*1H2;/q2*-1;;;+4/p-2. The van der Waals surface area contributed by atoms with Crippen molar-refractivity contribution < 1.29 is 47.0 Å². The maximum atomic E-state index is 9.93. The zero-order valence-electron chi connectivity index (χ0n) is 14.8. The van der Waals surface area contributed by atoms with E-state index in [0.717, 1.165) is 19.3 Å². The molecule has 0 radical (unpaired) electrons. The van der Waals surface area contributed by atoms with E-state index in [1.54, 1.807) is 0 Å². The molecule has 0 aliphatic carbocycles. The third-order valence-corrected chi connectivity index (χ3v) is 11.0. The van der Waals surface area contributed by atoms with Crippen molar-refractivity contribution in [3.63, 3.8) is 0 Å². The summed E-state index contributed by atoms with van der Waals surface area (Å²) >= 11 is -5.15. The zero-order chi connectivity index (χ0) is 17.4. The van der Waals surface area contributed by atoms with Crippen LogP contribution in [0.2, 0.25) is 0 Å². The molecule has 3 unspecified atom stereocenters. The Labute approximate surface area is 142 Å². The van der Waals surface area contributed by atoms with Crippen molar-refractivity contribution in [2.75, 3.05) is 7.11 Å². The molecule has 0 bridgehead atoms. The Morgan fingerprint density at radius 3 is 1.36 bits per heavy atom. The van der Waals surface area contributed by atoms with Gasteiger partial charge in [0.2, 0.25) is 0 Å². The van der Waals surface area contributed by atoms with E-state index < -0.39 is 31.1 Å². The molecule has 134 valence electrons. The zero-order valence-corrected chi connectivity index (χ0v) is 18.2. The van der Waals surface area contributed by atoms with Crippen molar-refractivity contribution in [1.82, 2.24) is 0 Å². The molecule has 9 heteroatoms. The predicted octanol–water partition coefficient (Wildman–Crippen LogP) is 2.33. The van der Waals surface area contributed by atoms with E-state index >= 15 is 0 Å². The van der Waals surface area contributed by atoms with Gasteiger partial charge in [0.15, 0.2) is 0 Å². The van der Waals surface area contributed by atoms with Gasteiger partial charge in [-0.25, -0.2) is 0 Å². The normalized spacial score (nSPS) is 19.5. The van der Waals surface area contributed by atoms with E-state index in [2.05, 4.69) is 0 Å². The molecule has 2 N–H and O–H groups in total. The van der Waals surface area contributed by atoms with Gasteiger partial charge in [0.25, 0.3) is 0 Å². The van der Waals surface area contributed by atoms with Crippen molar-refractivity contribution in [3.8, 4) is 0 Å². The van der Waals surface area contributed by atoms with Crippen LogP contribution < -0.4 is 0 Å². The van der Waals surface area contributed by atoms with Crippen molar-refractivity contribution in [2.45, 2.75) is 79.1 Å². The van der Waals surface area contributed by atoms with Gasteiger partial charge in [-0.3, -0.25) is 0 Å².